The Morgan fingerprint density at radius 2 is 1.90 bits per heavy atom. The van der Waals surface area contributed by atoms with Crippen molar-refractivity contribution in [2.45, 2.75) is 43.8 Å². The van der Waals surface area contributed by atoms with Gasteiger partial charge in [-0.15, -0.1) is 0 Å². The largest absolute Gasteiger partial charge is 0.496 e. The van der Waals surface area contributed by atoms with Crippen LogP contribution in [0.15, 0.2) is 48.5 Å². The van der Waals surface area contributed by atoms with E-state index in [2.05, 4.69) is 22.8 Å². The van der Waals surface area contributed by atoms with E-state index in [9.17, 15) is 13.2 Å². The fourth-order valence-corrected chi connectivity index (χ4v) is 3.92. The molecule has 1 aliphatic heterocycles. The van der Waals surface area contributed by atoms with Crippen molar-refractivity contribution < 1.29 is 22.6 Å². The van der Waals surface area contributed by atoms with Crippen LogP contribution in [-0.2, 0) is 11.3 Å². The summed E-state index contributed by atoms with van der Waals surface area (Å²) in [7, 11) is 2.59. The van der Waals surface area contributed by atoms with Gasteiger partial charge in [0.2, 0.25) is 0 Å². The van der Waals surface area contributed by atoms with E-state index in [1.54, 1.807) is 6.07 Å². The second kappa shape index (κ2) is 9.61. The molecule has 29 heavy (non-hydrogen) atoms. The number of methoxy groups -OCH3 is 2. The molecule has 0 aliphatic carbocycles. The lowest BCUT2D eigenvalue weighted by Crippen LogP contribution is -2.45. The van der Waals surface area contributed by atoms with Crippen molar-refractivity contribution in [1.29, 1.82) is 0 Å². The summed E-state index contributed by atoms with van der Waals surface area (Å²) in [6.45, 7) is 1.35. The lowest BCUT2D eigenvalue weighted by Gasteiger charge is -2.34. The Balaban J connectivity index is 1.78. The molecule has 1 unspecified atom stereocenters. The summed E-state index contributed by atoms with van der Waals surface area (Å²) in [6.07, 6.45) is -4.41. The molecule has 0 aromatic heterocycles. The zero-order chi connectivity index (χ0) is 20.9. The van der Waals surface area contributed by atoms with Crippen molar-refractivity contribution in [3.8, 4) is 5.75 Å². The van der Waals surface area contributed by atoms with Gasteiger partial charge in [0.05, 0.1) is 7.11 Å². The fraction of sp³-hybridized carbons (Fsp3) is 0.455. The van der Waals surface area contributed by atoms with E-state index < -0.39 is 12.3 Å². The third-order valence-corrected chi connectivity index (χ3v) is 5.31. The van der Waals surface area contributed by atoms with Crippen LogP contribution in [0.2, 0.25) is 0 Å². The van der Waals surface area contributed by atoms with E-state index in [1.165, 1.54) is 24.8 Å². The van der Waals surface area contributed by atoms with Crippen LogP contribution in [0, 0.1) is 0 Å². The Morgan fingerprint density at radius 1 is 1.14 bits per heavy atom. The molecule has 2 aromatic rings. The topological polar surface area (TPSA) is 42.5 Å². The minimum absolute atomic E-state index is 0.0685. The Bertz CT molecular complexity index is 783. The first-order valence-corrected chi connectivity index (χ1v) is 9.72. The summed E-state index contributed by atoms with van der Waals surface area (Å²) in [5.41, 5.74) is 1.94. The van der Waals surface area contributed by atoms with Gasteiger partial charge in [-0.25, -0.2) is 0 Å². The summed E-state index contributed by atoms with van der Waals surface area (Å²) in [5, 5.41) is 7.07. The summed E-state index contributed by atoms with van der Waals surface area (Å²) < 4.78 is 49.8. The minimum atomic E-state index is -4.47. The summed E-state index contributed by atoms with van der Waals surface area (Å²) in [5.74, 6) is 0.554. The molecule has 7 heteroatoms. The highest BCUT2D eigenvalue weighted by atomic mass is 19.4. The molecule has 1 aliphatic rings. The second-order valence-corrected chi connectivity index (χ2v) is 7.20. The molecule has 1 heterocycles. The molecule has 1 fully saturated rings. The van der Waals surface area contributed by atoms with Crippen molar-refractivity contribution in [3.63, 3.8) is 0 Å². The molecule has 3 rings (SSSR count). The van der Waals surface area contributed by atoms with Crippen molar-refractivity contribution in [2.75, 3.05) is 20.8 Å². The fourth-order valence-electron chi connectivity index (χ4n) is 3.92. The van der Waals surface area contributed by atoms with Crippen LogP contribution in [-0.4, -0.2) is 33.0 Å². The number of ether oxygens (including phenoxy) is 2. The molecule has 1 saturated heterocycles. The van der Waals surface area contributed by atoms with Crippen molar-refractivity contribution in [3.05, 3.63) is 65.2 Å². The number of hydrogen-bond donors (Lipinski definition) is 2. The number of rotatable bonds is 7. The zero-order valence-corrected chi connectivity index (χ0v) is 16.6. The second-order valence-electron chi connectivity index (χ2n) is 7.20. The number of benzene rings is 2. The normalized spacial score (nSPS) is 21.0. The first-order chi connectivity index (χ1) is 13.9. The molecular formula is C22H27F3N2O2. The van der Waals surface area contributed by atoms with Crippen LogP contribution in [0.5, 0.6) is 5.75 Å². The van der Waals surface area contributed by atoms with E-state index in [0.717, 1.165) is 26.5 Å². The van der Waals surface area contributed by atoms with Crippen molar-refractivity contribution in [1.82, 2.24) is 10.6 Å². The number of hydrogen-bond acceptors (Lipinski definition) is 4. The third kappa shape index (κ3) is 5.29. The SMILES string of the molecule is COc1ccc(C(OC)C(F)(F)F)cc1CN[C@H]1CCCN[C@H]1c1ccccc1. The maximum atomic E-state index is 13.3. The maximum Gasteiger partial charge on any atom is 0.418 e. The summed E-state index contributed by atoms with van der Waals surface area (Å²) in [6, 6.07) is 15.0. The first-order valence-electron chi connectivity index (χ1n) is 9.72. The van der Waals surface area contributed by atoms with E-state index in [4.69, 9.17) is 9.47 Å². The lowest BCUT2D eigenvalue weighted by atomic mass is 9.92. The molecule has 2 aromatic carbocycles. The third-order valence-electron chi connectivity index (χ3n) is 5.31. The van der Waals surface area contributed by atoms with Gasteiger partial charge in [-0.3, -0.25) is 0 Å². The Morgan fingerprint density at radius 3 is 2.55 bits per heavy atom. The van der Waals surface area contributed by atoms with Crippen LogP contribution in [0.25, 0.3) is 0 Å². The molecule has 0 bridgehead atoms. The monoisotopic (exact) mass is 408 g/mol. The standard InChI is InChI=1S/C22H27F3N2O2/c1-28-19-11-10-16(21(29-2)22(23,24)25)13-17(19)14-27-18-9-6-12-26-20(18)15-7-4-3-5-8-15/h3-5,7-8,10-11,13,18,20-21,26-27H,6,9,12,14H2,1-2H3/t18-,20-,21?/m0/s1. The van der Waals surface area contributed by atoms with Crippen LogP contribution >= 0.6 is 0 Å². The van der Waals surface area contributed by atoms with Gasteiger partial charge in [-0.1, -0.05) is 36.4 Å². The van der Waals surface area contributed by atoms with Gasteiger partial charge in [0, 0.05) is 31.3 Å². The lowest BCUT2D eigenvalue weighted by molar-refractivity contribution is -0.216. The predicted molar refractivity (Wildman–Crippen MR) is 106 cm³/mol. The molecular weight excluding hydrogens is 381 g/mol. The average Bonchev–Trinajstić information content (AvgIpc) is 2.72. The molecule has 0 saturated carbocycles. The van der Waals surface area contributed by atoms with E-state index in [-0.39, 0.29) is 17.6 Å². The highest BCUT2D eigenvalue weighted by molar-refractivity contribution is 5.38. The highest BCUT2D eigenvalue weighted by Gasteiger charge is 2.41. The quantitative estimate of drug-likeness (QED) is 0.707. The van der Waals surface area contributed by atoms with Gasteiger partial charge in [0.1, 0.15) is 5.75 Å². The van der Waals surface area contributed by atoms with Gasteiger partial charge in [0.15, 0.2) is 6.10 Å². The van der Waals surface area contributed by atoms with E-state index >= 15 is 0 Å². The van der Waals surface area contributed by atoms with Gasteiger partial charge in [0.25, 0.3) is 0 Å². The Hall–Kier alpha value is -2.09. The van der Waals surface area contributed by atoms with Crippen molar-refractivity contribution >= 4 is 0 Å². The number of halogens is 3. The first kappa shape index (κ1) is 21.6. The minimum Gasteiger partial charge on any atom is -0.496 e. The highest BCUT2D eigenvalue weighted by Crippen LogP contribution is 2.37. The van der Waals surface area contributed by atoms with Gasteiger partial charge >= 0.3 is 6.18 Å². The van der Waals surface area contributed by atoms with Crippen LogP contribution in [0.1, 0.15) is 41.7 Å². The molecule has 3 atom stereocenters. The summed E-state index contributed by atoms with van der Waals surface area (Å²) in [4.78, 5) is 0. The molecule has 0 radical (unpaired) electrons. The van der Waals surface area contributed by atoms with Gasteiger partial charge in [-0.2, -0.15) is 13.2 Å². The smallest absolute Gasteiger partial charge is 0.418 e. The van der Waals surface area contributed by atoms with Crippen molar-refractivity contribution in [2.24, 2.45) is 0 Å². The molecule has 4 nitrogen and oxygen atoms in total. The Labute approximate surface area is 169 Å². The number of nitrogens with one attached hydrogen (secondary N) is 2. The van der Waals surface area contributed by atoms with E-state index in [0.29, 0.717) is 17.9 Å². The predicted octanol–water partition coefficient (Wildman–Crippen LogP) is 4.53. The molecule has 2 N–H and O–H groups in total. The maximum absolute atomic E-state index is 13.3. The zero-order valence-electron chi connectivity index (χ0n) is 16.6. The van der Waals surface area contributed by atoms with Crippen LogP contribution in [0.3, 0.4) is 0 Å². The van der Waals surface area contributed by atoms with E-state index in [1.807, 2.05) is 18.2 Å². The summed E-state index contributed by atoms with van der Waals surface area (Å²) >= 11 is 0. The van der Waals surface area contributed by atoms with Gasteiger partial charge < -0.3 is 20.1 Å². The number of alkyl halides is 3. The molecule has 158 valence electrons. The Kier molecular flexibility index (Phi) is 7.16. The van der Waals surface area contributed by atoms with Crippen LogP contribution in [0.4, 0.5) is 13.2 Å². The number of piperidine rings is 1. The molecule has 0 spiro atoms. The average molecular weight is 408 g/mol. The van der Waals surface area contributed by atoms with Gasteiger partial charge in [-0.05, 0) is 42.6 Å². The molecule has 0 amide bonds. The van der Waals surface area contributed by atoms with Crippen LogP contribution < -0.4 is 15.4 Å².